The zero-order valence-corrected chi connectivity index (χ0v) is 7.42. The molecule has 0 aromatic carbocycles. The predicted octanol–water partition coefficient (Wildman–Crippen LogP) is 1.63. The maximum absolute atomic E-state index is 11.5. The predicted molar refractivity (Wildman–Crippen MR) is 44.9 cm³/mol. The van der Waals surface area contributed by atoms with Gasteiger partial charge in [0.25, 0.3) is 0 Å². The van der Waals surface area contributed by atoms with Crippen molar-refractivity contribution in [3.05, 3.63) is 12.8 Å². The van der Waals surface area contributed by atoms with E-state index in [1.807, 2.05) is 13.8 Å². The minimum absolute atomic E-state index is 0.194. The molecule has 0 bridgehead atoms. The van der Waals surface area contributed by atoms with E-state index in [9.17, 15) is 4.79 Å². The van der Waals surface area contributed by atoms with Crippen molar-refractivity contribution in [1.82, 2.24) is 4.90 Å². The number of amides is 1. The fraction of sp³-hybridized carbons (Fsp3) is 0.667. The molecule has 1 aliphatic heterocycles. The Bertz CT molecular complexity index is 196. The van der Waals surface area contributed by atoms with Gasteiger partial charge in [-0.3, -0.25) is 4.79 Å². The van der Waals surface area contributed by atoms with Crippen molar-refractivity contribution in [2.75, 3.05) is 6.54 Å². The molecule has 11 heavy (non-hydrogen) atoms. The first-order valence-corrected chi connectivity index (χ1v) is 3.93. The van der Waals surface area contributed by atoms with Crippen LogP contribution in [0.2, 0.25) is 0 Å². The van der Waals surface area contributed by atoms with E-state index in [0.29, 0.717) is 5.92 Å². The summed E-state index contributed by atoms with van der Waals surface area (Å²) in [7, 11) is 0. The third-order valence-corrected chi connectivity index (χ3v) is 2.74. The second-order valence-electron chi connectivity index (χ2n) is 3.76. The maximum Gasteiger partial charge on any atom is 0.232 e. The molecule has 0 aromatic rings. The van der Waals surface area contributed by atoms with E-state index in [1.54, 1.807) is 11.1 Å². The number of carbonyl (C=O) groups is 1. The van der Waals surface area contributed by atoms with Gasteiger partial charge < -0.3 is 4.90 Å². The molecular formula is C9H15NO. The van der Waals surface area contributed by atoms with Crippen molar-refractivity contribution < 1.29 is 4.79 Å². The first kappa shape index (κ1) is 8.31. The van der Waals surface area contributed by atoms with Crippen LogP contribution in [0.5, 0.6) is 0 Å². The molecule has 1 atom stereocenters. The normalized spacial score (nSPS) is 29.2. The molecule has 1 rings (SSSR count). The second kappa shape index (κ2) is 2.36. The Morgan fingerprint density at radius 1 is 1.73 bits per heavy atom. The van der Waals surface area contributed by atoms with Gasteiger partial charge in [-0.15, -0.1) is 0 Å². The zero-order chi connectivity index (χ0) is 8.65. The van der Waals surface area contributed by atoms with Crippen molar-refractivity contribution in [2.45, 2.75) is 20.8 Å². The summed E-state index contributed by atoms with van der Waals surface area (Å²) in [6.07, 6.45) is 1.62. The van der Waals surface area contributed by atoms with E-state index in [0.717, 1.165) is 6.54 Å². The Kier molecular flexibility index (Phi) is 1.78. The maximum atomic E-state index is 11.5. The Morgan fingerprint density at radius 3 is 2.45 bits per heavy atom. The molecule has 1 aliphatic rings. The first-order chi connectivity index (χ1) is 5.00. The molecule has 0 radical (unpaired) electrons. The average Bonchev–Trinajstić information content (AvgIpc) is 2.14. The molecule has 1 amide bonds. The van der Waals surface area contributed by atoms with Gasteiger partial charge in [0.1, 0.15) is 0 Å². The minimum atomic E-state index is -0.200. The molecule has 1 heterocycles. The van der Waals surface area contributed by atoms with E-state index >= 15 is 0 Å². The van der Waals surface area contributed by atoms with Gasteiger partial charge in [-0.05, 0) is 12.1 Å². The number of carbonyl (C=O) groups excluding carboxylic acids is 1. The Hall–Kier alpha value is -0.790. The number of hydrogen-bond acceptors (Lipinski definition) is 1. The average molecular weight is 153 g/mol. The van der Waals surface area contributed by atoms with Crippen molar-refractivity contribution in [1.29, 1.82) is 0 Å². The van der Waals surface area contributed by atoms with E-state index in [-0.39, 0.29) is 11.3 Å². The zero-order valence-electron chi connectivity index (χ0n) is 7.42. The molecule has 1 saturated heterocycles. The van der Waals surface area contributed by atoms with E-state index in [1.165, 1.54) is 0 Å². The molecule has 0 N–H and O–H groups in total. The molecule has 0 spiro atoms. The quantitative estimate of drug-likeness (QED) is 0.560. The SMILES string of the molecule is C=CN1CC(C)C(C)(C)C1=O. The van der Waals surface area contributed by atoms with Crippen LogP contribution in [0, 0.1) is 11.3 Å². The van der Waals surface area contributed by atoms with Gasteiger partial charge >= 0.3 is 0 Å². The van der Waals surface area contributed by atoms with Crippen LogP contribution < -0.4 is 0 Å². The summed E-state index contributed by atoms with van der Waals surface area (Å²) < 4.78 is 0. The monoisotopic (exact) mass is 153 g/mol. The van der Waals surface area contributed by atoms with E-state index < -0.39 is 0 Å². The lowest BCUT2D eigenvalue weighted by Gasteiger charge is -2.19. The first-order valence-electron chi connectivity index (χ1n) is 3.93. The molecule has 0 aliphatic carbocycles. The lowest BCUT2D eigenvalue weighted by Crippen LogP contribution is -2.28. The Balaban J connectivity index is 2.88. The number of hydrogen-bond donors (Lipinski definition) is 0. The van der Waals surface area contributed by atoms with Gasteiger partial charge in [0.2, 0.25) is 5.91 Å². The molecule has 0 saturated carbocycles. The van der Waals surface area contributed by atoms with E-state index in [2.05, 4.69) is 13.5 Å². The summed E-state index contributed by atoms with van der Waals surface area (Å²) in [5, 5.41) is 0. The fourth-order valence-corrected chi connectivity index (χ4v) is 1.34. The highest BCUT2D eigenvalue weighted by Gasteiger charge is 2.43. The molecular weight excluding hydrogens is 138 g/mol. The molecule has 2 nitrogen and oxygen atoms in total. The molecule has 2 heteroatoms. The fourth-order valence-electron chi connectivity index (χ4n) is 1.34. The lowest BCUT2D eigenvalue weighted by molar-refractivity contribution is -0.133. The highest BCUT2D eigenvalue weighted by Crippen LogP contribution is 2.35. The smallest absolute Gasteiger partial charge is 0.232 e. The number of nitrogens with zero attached hydrogens (tertiary/aromatic N) is 1. The van der Waals surface area contributed by atoms with Gasteiger partial charge in [0, 0.05) is 12.0 Å². The summed E-state index contributed by atoms with van der Waals surface area (Å²) in [5.74, 6) is 0.619. The van der Waals surface area contributed by atoms with Crippen LogP contribution in [-0.2, 0) is 4.79 Å². The standard InChI is InChI=1S/C9H15NO/c1-5-10-6-7(2)9(3,4)8(10)11/h5,7H,1,6H2,2-4H3. The highest BCUT2D eigenvalue weighted by atomic mass is 16.2. The summed E-state index contributed by atoms with van der Waals surface area (Å²) in [6, 6.07) is 0. The van der Waals surface area contributed by atoms with Crippen molar-refractivity contribution in [2.24, 2.45) is 11.3 Å². The molecule has 1 unspecified atom stereocenters. The summed E-state index contributed by atoms with van der Waals surface area (Å²) in [6.45, 7) is 10.5. The topological polar surface area (TPSA) is 20.3 Å². The second-order valence-corrected chi connectivity index (χ2v) is 3.76. The minimum Gasteiger partial charge on any atom is -0.319 e. The van der Waals surface area contributed by atoms with Crippen LogP contribution in [-0.4, -0.2) is 17.4 Å². The van der Waals surface area contributed by atoms with Crippen LogP contribution in [0.25, 0.3) is 0 Å². The van der Waals surface area contributed by atoms with Crippen molar-refractivity contribution >= 4 is 5.91 Å². The third-order valence-electron chi connectivity index (χ3n) is 2.74. The molecule has 0 aromatic heterocycles. The highest BCUT2D eigenvalue weighted by molar-refractivity contribution is 5.85. The lowest BCUT2D eigenvalue weighted by atomic mass is 9.83. The van der Waals surface area contributed by atoms with Crippen molar-refractivity contribution in [3.63, 3.8) is 0 Å². The van der Waals surface area contributed by atoms with Crippen LogP contribution in [0.3, 0.4) is 0 Å². The molecule has 62 valence electrons. The van der Waals surface area contributed by atoms with Crippen LogP contribution in [0.4, 0.5) is 0 Å². The summed E-state index contributed by atoms with van der Waals surface area (Å²) in [5.41, 5.74) is -0.200. The third kappa shape index (κ3) is 1.06. The Labute approximate surface area is 67.9 Å². The van der Waals surface area contributed by atoms with Gasteiger partial charge in [-0.2, -0.15) is 0 Å². The summed E-state index contributed by atoms with van der Waals surface area (Å²) >= 11 is 0. The molecule has 1 fully saturated rings. The van der Waals surface area contributed by atoms with Gasteiger partial charge in [0.05, 0.1) is 0 Å². The van der Waals surface area contributed by atoms with Crippen LogP contribution in [0.15, 0.2) is 12.8 Å². The van der Waals surface area contributed by atoms with Crippen molar-refractivity contribution in [3.8, 4) is 0 Å². The number of likely N-dealkylation sites (tertiary alicyclic amines) is 1. The number of rotatable bonds is 1. The summed E-state index contributed by atoms with van der Waals surface area (Å²) in [4.78, 5) is 13.2. The van der Waals surface area contributed by atoms with E-state index in [4.69, 9.17) is 0 Å². The van der Waals surface area contributed by atoms with Crippen LogP contribution in [0.1, 0.15) is 20.8 Å². The van der Waals surface area contributed by atoms with Gasteiger partial charge in [-0.1, -0.05) is 27.4 Å². The van der Waals surface area contributed by atoms with Gasteiger partial charge in [0.15, 0.2) is 0 Å². The van der Waals surface area contributed by atoms with Crippen LogP contribution >= 0.6 is 0 Å². The largest absolute Gasteiger partial charge is 0.319 e. The Morgan fingerprint density at radius 2 is 2.27 bits per heavy atom. The van der Waals surface area contributed by atoms with Gasteiger partial charge in [-0.25, -0.2) is 0 Å².